The SMILES string of the molecule is COc1ccc(O)c([C@@H]2CCCCN2)c1. The van der Waals surface area contributed by atoms with E-state index < -0.39 is 0 Å². The Hall–Kier alpha value is -1.22. The molecule has 1 saturated heterocycles. The van der Waals surface area contributed by atoms with Crippen LogP contribution in [0.5, 0.6) is 11.5 Å². The highest BCUT2D eigenvalue weighted by atomic mass is 16.5. The first-order valence-electron chi connectivity index (χ1n) is 5.41. The third kappa shape index (κ3) is 2.23. The van der Waals surface area contributed by atoms with Crippen LogP contribution in [0, 0.1) is 0 Å². The number of benzene rings is 1. The Morgan fingerprint density at radius 1 is 1.40 bits per heavy atom. The number of hydrogen-bond acceptors (Lipinski definition) is 3. The topological polar surface area (TPSA) is 41.5 Å². The summed E-state index contributed by atoms with van der Waals surface area (Å²) >= 11 is 0. The maximum atomic E-state index is 9.79. The Morgan fingerprint density at radius 2 is 2.27 bits per heavy atom. The van der Waals surface area contributed by atoms with E-state index in [2.05, 4.69) is 5.32 Å². The lowest BCUT2D eigenvalue weighted by Gasteiger charge is -2.24. The predicted octanol–water partition coefficient (Wildman–Crippen LogP) is 2.22. The lowest BCUT2D eigenvalue weighted by molar-refractivity contribution is 0.382. The second-order valence-electron chi connectivity index (χ2n) is 3.93. The van der Waals surface area contributed by atoms with Crippen molar-refractivity contribution in [2.75, 3.05) is 13.7 Å². The third-order valence-electron chi connectivity index (χ3n) is 2.92. The van der Waals surface area contributed by atoms with Gasteiger partial charge in [-0.1, -0.05) is 6.42 Å². The van der Waals surface area contributed by atoms with E-state index in [4.69, 9.17) is 4.74 Å². The van der Waals surface area contributed by atoms with Gasteiger partial charge in [-0.2, -0.15) is 0 Å². The van der Waals surface area contributed by atoms with Gasteiger partial charge in [-0.3, -0.25) is 0 Å². The summed E-state index contributed by atoms with van der Waals surface area (Å²) in [6.07, 6.45) is 3.52. The van der Waals surface area contributed by atoms with E-state index in [1.807, 2.05) is 6.07 Å². The smallest absolute Gasteiger partial charge is 0.120 e. The molecule has 1 aromatic carbocycles. The molecule has 0 saturated carbocycles. The number of hydrogen-bond donors (Lipinski definition) is 2. The quantitative estimate of drug-likeness (QED) is 0.781. The monoisotopic (exact) mass is 207 g/mol. The predicted molar refractivity (Wildman–Crippen MR) is 59.3 cm³/mol. The molecule has 2 N–H and O–H groups in total. The van der Waals surface area contributed by atoms with Gasteiger partial charge in [0.05, 0.1) is 7.11 Å². The molecule has 0 radical (unpaired) electrons. The van der Waals surface area contributed by atoms with Crippen molar-refractivity contribution in [3.8, 4) is 11.5 Å². The summed E-state index contributed by atoms with van der Waals surface area (Å²) in [6.45, 7) is 1.03. The van der Waals surface area contributed by atoms with Crippen molar-refractivity contribution >= 4 is 0 Å². The molecule has 2 rings (SSSR count). The van der Waals surface area contributed by atoms with Gasteiger partial charge in [-0.25, -0.2) is 0 Å². The Kier molecular flexibility index (Phi) is 3.11. The van der Waals surface area contributed by atoms with Crippen molar-refractivity contribution in [1.29, 1.82) is 0 Å². The largest absolute Gasteiger partial charge is 0.508 e. The maximum absolute atomic E-state index is 9.79. The van der Waals surface area contributed by atoms with Gasteiger partial charge < -0.3 is 15.2 Å². The highest BCUT2D eigenvalue weighted by molar-refractivity contribution is 5.41. The average molecular weight is 207 g/mol. The summed E-state index contributed by atoms with van der Waals surface area (Å²) in [5.74, 6) is 1.16. The van der Waals surface area contributed by atoms with Crippen LogP contribution in [0.25, 0.3) is 0 Å². The van der Waals surface area contributed by atoms with Crippen LogP contribution in [0.15, 0.2) is 18.2 Å². The molecule has 0 aromatic heterocycles. The molecule has 1 aromatic rings. The van der Waals surface area contributed by atoms with Crippen LogP contribution in [0.1, 0.15) is 30.9 Å². The molecule has 82 valence electrons. The van der Waals surface area contributed by atoms with E-state index in [1.54, 1.807) is 19.2 Å². The lowest BCUT2D eigenvalue weighted by atomic mass is 9.96. The highest BCUT2D eigenvalue weighted by Gasteiger charge is 2.18. The molecule has 0 spiro atoms. The van der Waals surface area contributed by atoms with Crippen LogP contribution < -0.4 is 10.1 Å². The van der Waals surface area contributed by atoms with Crippen LogP contribution in [0.3, 0.4) is 0 Å². The fourth-order valence-electron chi connectivity index (χ4n) is 2.06. The van der Waals surface area contributed by atoms with Crippen molar-refractivity contribution in [3.05, 3.63) is 23.8 Å². The molecule has 15 heavy (non-hydrogen) atoms. The molecule has 0 unspecified atom stereocenters. The molecule has 3 heteroatoms. The summed E-state index contributed by atoms with van der Waals surface area (Å²) in [5.41, 5.74) is 0.953. The summed E-state index contributed by atoms with van der Waals surface area (Å²) in [4.78, 5) is 0. The van der Waals surface area contributed by atoms with Crippen molar-refractivity contribution in [2.24, 2.45) is 0 Å². The lowest BCUT2D eigenvalue weighted by Crippen LogP contribution is -2.26. The number of methoxy groups -OCH3 is 1. The molecular formula is C12H17NO2. The van der Waals surface area contributed by atoms with Gasteiger partial charge in [0.1, 0.15) is 11.5 Å². The first kappa shape index (κ1) is 10.3. The Bertz CT molecular complexity index is 332. The fourth-order valence-corrected chi connectivity index (χ4v) is 2.06. The number of nitrogens with one attached hydrogen (secondary N) is 1. The number of phenols is 1. The van der Waals surface area contributed by atoms with Crippen LogP contribution >= 0.6 is 0 Å². The van der Waals surface area contributed by atoms with E-state index in [-0.39, 0.29) is 6.04 Å². The first-order chi connectivity index (χ1) is 7.31. The van der Waals surface area contributed by atoms with Crippen LogP contribution in [0.4, 0.5) is 0 Å². The zero-order valence-corrected chi connectivity index (χ0v) is 8.99. The zero-order valence-electron chi connectivity index (χ0n) is 8.99. The molecule has 1 atom stereocenters. The molecule has 1 aliphatic heterocycles. The molecule has 0 bridgehead atoms. The van der Waals surface area contributed by atoms with Gasteiger partial charge in [0.2, 0.25) is 0 Å². The van der Waals surface area contributed by atoms with Crippen molar-refractivity contribution in [2.45, 2.75) is 25.3 Å². The number of rotatable bonds is 2. The van der Waals surface area contributed by atoms with Gasteiger partial charge in [0.15, 0.2) is 0 Å². The van der Waals surface area contributed by atoms with E-state index in [9.17, 15) is 5.11 Å². The minimum atomic E-state index is 0.272. The average Bonchev–Trinajstić information content (AvgIpc) is 2.31. The second-order valence-corrected chi connectivity index (χ2v) is 3.93. The molecule has 1 heterocycles. The van der Waals surface area contributed by atoms with Crippen LogP contribution in [-0.4, -0.2) is 18.8 Å². The summed E-state index contributed by atoms with van der Waals surface area (Å²) < 4.78 is 5.16. The zero-order chi connectivity index (χ0) is 10.7. The van der Waals surface area contributed by atoms with E-state index >= 15 is 0 Å². The van der Waals surface area contributed by atoms with E-state index in [0.717, 1.165) is 24.3 Å². The number of aromatic hydroxyl groups is 1. The Labute approximate surface area is 90.1 Å². The molecule has 1 fully saturated rings. The fraction of sp³-hybridized carbons (Fsp3) is 0.500. The maximum Gasteiger partial charge on any atom is 0.120 e. The van der Waals surface area contributed by atoms with Crippen LogP contribution in [0.2, 0.25) is 0 Å². The summed E-state index contributed by atoms with van der Waals surface area (Å²) in [6, 6.07) is 5.67. The molecule has 0 amide bonds. The van der Waals surface area contributed by atoms with Gasteiger partial charge in [-0.15, -0.1) is 0 Å². The minimum Gasteiger partial charge on any atom is -0.508 e. The third-order valence-corrected chi connectivity index (χ3v) is 2.92. The molecule has 0 aliphatic carbocycles. The van der Waals surface area contributed by atoms with Gasteiger partial charge in [0, 0.05) is 11.6 Å². The number of piperidine rings is 1. The number of phenolic OH excluding ortho intramolecular Hbond substituents is 1. The van der Waals surface area contributed by atoms with Gasteiger partial charge >= 0.3 is 0 Å². The highest BCUT2D eigenvalue weighted by Crippen LogP contribution is 2.32. The normalized spacial score (nSPS) is 21.3. The van der Waals surface area contributed by atoms with Crippen molar-refractivity contribution in [1.82, 2.24) is 5.32 Å². The van der Waals surface area contributed by atoms with Gasteiger partial charge in [-0.05, 0) is 37.6 Å². The standard InChI is InChI=1S/C12H17NO2/c1-15-9-5-6-12(14)10(8-9)11-4-2-3-7-13-11/h5-6,8,11,13-14H,2-4,7H2,1H3/t11-/m0/s1. The van der Waals surface area contributed by atoms with Gasteiger partial charge in [0.25, 0.3) is 0 Å². The Morgan fingerprint density at radius 3 is 2.93 bits per heavy atom. The van der Waals surface area contributed by atoms with E-state index in [1.165, 1.54) is 12.8 Å². The first-order valence-corrected chi connectivity index (χ1v) is 5.41. The summed E-state index contributed by atoms with van der Waals surface area (Å²) in [5, 5.41) is 13.2. The van der Waals surface area contributed by atoms with Crippen molar-refractivity contribution in [3.63, 3.8) is 0 Å². The Balaban J connectivity index is 2.24. The summed E-state index contributed by atoms with van der Waals surface area (Å²) in [7, 11) is 1.64. The second kappa shape index (κ2) is 4.53. The van der Waals surface area contributed by atoms with E-state index in [0.29, 0.717) is 5.75 Å². The molecular weight excluding hydrogens is 190 g/mol. The number of ether oxygens (including phenoxy) is 1. The van der Waals surface area contributed by atoms with Crippen molar-refractivity contribution < 1.29 is 9.84 Å². The molecule has 1 aliphatic rings. The minimum absolute atomic E-state index is 0.272. The molecule has 3 nitrogen and oxygen atoms in total. The van der Waals surface area contributed by atoms with Crippen LogP contribution in [-0.2, 0) is 0 Å².